The lowest BCUT2D eigenvalue weighted by Crippen LogP contribution is -2.10. The predicted molar refractivity (Wildman–Crippen MR) is 70.8 cm³/mol. The predicted octanol–water partition coefficient (Wildman–Crippen LogP) is 5.09. The summed E-state index contributed by atoms with van der Waals surface area (Å²) in [6.07, 6.45) is 18.9. The first-order valence-electron chi connectivity index (χ1n) is 7.46. The smallest absolute Gasteiger partial charge is 0.0571 e. The molecule has 1 rings (SSSR count). The quantitative estimate of drug-likeness (QED) is 0.605. The Hall–Kier alpha value is -0.0400. The van der Waals surface area contributed by atoms with E-state index in [1.54, 1.807) is 0 Å². The van der Waals surface area contributed by atoms with E-state index in [4.69, 9.17) is 4.74 Å². The summed E-state index contributed by atoms with van der Waals surface area (Å²) in [7, 11) is 1.88. The molecule has 1 heteroatoms. The topological polar surface area (TPSA) is 9.23 Å². The van der Waals surface area contributed by atoms with Crippen LogP contribution in [0, 0.1) is 0 Å². The minimum atomic E-state index is 0.544. The number of rotatable bonds is 1. The summed E-state index contributed by atoms with van der Waals surface area (Å²) >= 11 is 0. The monoisotopic (exact) mass is 226 g/mol. The van der Waals surface area contributed by atoms with Crippen molar-refractivity contribution in [3.05, 3.63) is 0 Å². The first-order chi connectivity index (χ1) is 7.93. The molecule has 0 heterocycles. The van der Waals surface area contributed by atoms with Gasteiger partial charge in [-0.3, -0.25) is 0 Å². The van der Waals surface area contributed by atoms with Crippen molar-refractivity contribution in [2.75, 3.05) is 7.11 Å². The first kappa shape index (κ1) is 14.0. The molecule has 16 heavy (non-hydrogen) atoms. The van der Waals surface area contributed by atoms with Crippen LogP contribution in [0.4, 0.5) is 0 Å². The van der Waals surface area contributed by atoms with Crippen LogP contribution in [0.1, 0.15) is 83.5 Å². The summed E-state index contributed by atoms with van der Waals surface area (Å²) in [5.74, 6) is 0. The van der Waals surface area contributed by atoms with Gasteiger partial charge in [-0.2, -0.15) is 0 Å². The van der Waals surface area contributed by atoms with Gasteiger partial charge in [0, 0.05) is 7.11 Å². The molecule has 0 aliphatic heterocycles. The molecule has 0 aromatic heterocycles. The third kappa shape index (κ3) is 7.27. The lowest BCUT2D eigenvalue weighted by atomic mass is 10.00. The van der Waals surface area contributed by atoms with E-state index >= 15 is 0 Å². The summed E-state index contributed by atoms with van der Waals surface area (Å²) in [5.41, 5.74) is 0. The van der Waals surface area contributed by atoms with Crippen molar-refractivity contribution in [3.8, 4) is 0 Å². The molecular weight excluding hydrogens is 196 g/mol. The zero-order valence-corrected chi connectivity index (χ0v) is 11.2. The van der Waals surface area contributed by atoms with E-state index in [0.717, 1.165) is 0 Å². The Morgan fingerprint density at radius 1 is 0.562 bits per heavy atom. The Kier molecular flexibility index (Phi) is 8.88. The molecule has 0 N–H and O–H groups in total. The third-order valence-electron chi connectivity index (χ3n) is 3.89. The molecular formula is C15H30O. The Morgan fingerprint density at radius 3 is 1.19 bits per heavy atom. The highest BCUT2D eigenvalue weighted by atomic mass is 16.5. The van der Waals surface area contributed by atoms with E-state index in [1.165, 1.54) is 83.5 Å². The van der Waals surface area contributed by atoms with Crippen molar-refractivity contribution in [3.63, 3.8) is 0 Å². The van der Waals surface area contributed by atoms with Crippen LogP contribution in [0.15, 0.2) is 0 Å². The summed E-state index contributed by atoms with van der Waals surface area (Å²) in [5, 5.41) is 0. The minimum Gasteiger partial charge on any atom is -0.381 e. The molecule has 0 aromatic rings. The van der Waals surface area contributed by atoms with E-state index in [-0.39, 0.29) is 0 Å². The number of hydrogen-bond donors (Lipinski definition) is 0. The van der Waals surface area contributed by atoms with E-state index in [1.807, 2.05) is 7.11 Å². The first-order valence-corrected chi connectivity index (χ1v) is 7.46. The van der Waals surface area contributed by atoms with E-state index in [0.29, 0.717) is 6.10 Å². The average Bonchev–Trinajstić information content (AvgIpc) is 2.32. The van der Waals surface area contributed by atoms with Crippen LogP contribution >= 0.6 is 0 Å². The van der Waals surface area contributed by atoms with Crippen molar-refractivity contribution >= 4 is 0 Å². The molecule has 0 radical (unpaired) electrons. The van der Waals surface area contributed by atoms with Crippen molar-refractivity contribution in [1.29, 1.82) is 0 Å². The second-order valence-corrected chi connectivity index (χ2v) is 5.32. The second kappa shape index (κ2) is 10.1. The highest BCUT2D eigenvalue weighted by molar-refractivity contribution is 4.60. The van der Waals surface area contributed by atoms with Crippen molar-refractivity contribution in [1.82, 2.24) is 0 Å². The molecule has 0 saturated heterocycles. The van der Waals surface area contributed by atoms with Crippen LogP contribution in [0.3, 0.4) is 0 Å². The van der Waals surface area contributed by atoms with Gasteiger partial charge in [0.05, 0.1) is 6.10 Å². The van der Waals surface area contributed by atoms with Crippen LogP contribution in [0.25, 0.3) is 0 Å². The normalized spacial score (nSPS) is 23.8. The Bertz CT molecular complexity index is 130. The van der Waals surface area contributed by atoms with Gasteiger partial charge >= 0.3 is 0 Å². The zero-order valence-electron chi connectivity index (χ0n) is 11.2. The molecule has 0 atom stereocenters. The highest BCUT2D eigenvalue weighted by Gasteiger charge is 2.07. The van der Waals surface area contributed by atoms with Crippen molar-refractivity contribution in [2.45, 2.75) is 89.6 Å². The van der Waals surface area contributed by atoms with Crippen LogP contribution in [-0.2, 0) is 4.74 Å². The Labute approximate surface area is 102 Å². The van der Waals surface area contributed by atoms with Gasteiger partial charge in [0.25, 0.3) is 0 Å². The van der Waals surface area contributed by atoms with Gasteiger partial charge in [0.15, 0.2) is 0 Å². The molecule has 0 aromatic carbocycles. The van der Waals surface area contributed by atoms with E-state index in [2.05, 4.69) is 0 Å². The molecule has 96 valence electrons. The molecule has 0 unspecified atom stereocenters. The zero-order chi connectivity index (χ0) is 11.5. The lowest BCUT2D eigenvalue weighted by molar-refractivity contribution is 0.0831. The van der Waals surface area contributed by atoms with Crippen LogP contribution in [0.5, 0.6) is 0 Å². The van der Waals surface area contributed by atoms with Crippen LogP contribution < -0.4 is 0 Å². The largest absolute Gasteiger partial charge is 0.381 e. The van der Waals surface area contributed by atoms with Gasteiger partial charge in [0.2, 0.25) is 0 Å². The maximum Gasteiger partial charge on any atom is 0.0571 e. The van der Waals surface area contributed by atoms with Crippen molar-refractivity contribution in [2.24, 2.45) is 0 Å². The number of ether oxygens (including phenoxy) is 1. The summed E-state index contributed by atoms with van der Waals surface area (Å²) in [6, 6.07) is 0. The maximum atomic E-state index is 5.55. The van der Waals surface area contributed by atoms with E-state index in [9.17, 15) is 0 Å². The fraction of sp³-hybridized carbons (Fsp3) is 1.00. The second-order valence-electron chi connectivity index (χ2n) is 5.32. The summed E-state index contributed by atoms with van der Waals surface area (Å²) < 4.78 is 5.55. The van der Waals surface area contributed by atoms with Crippen LogP contribution in [-0.4, -0.2) is 13.2 Å². The van der Waals surface area contributed by atoms with Crippen molar-refractivity contribution < 1.29 is 4.74 Å². The fourth-order valence-electron chi connectivity index (χ4n) is 2.72. The average molecular weight is 226 g/mol. The summed E-state index contributed by atoms with van der Waals surface area (Å²) in [4.78, 5) is 0. The Balaban J connectivity index is 2.16. The van der Waals surface area contributed by atoms with E-state index < -0.39 is 0 Å². The van der Waals surface area contributed by atoms with Gasteiger partial charge in [-0.15, -0.1) is 0 Å². The summed E-state index contributed by atoms with van der Waals surface area (Å²) in [6.45, 7) is 0. The Morgan fingerprint density at radius 2 is 0.875 bits per heavy atom. The molecule has 1 aliphatic rings. The molecule has 1 saturated carbocycles. The highest BCUT2D eigenvalue weighted by Crippen LogP contribution is 2.17. The fourth-order valence-corrected chi connectivity index (χ4v) is 2.72. The molecule has 0 spiro atoms. The minimum absolute atomic E-state index is 0.544. The standard InChI is InChI=1S/C15H30O/c1-16-15-13-11-9-7-5-3-2-4-6-8-10-12-14-15/h15H,2-14H2,1H3. The third-order valence-corrected chi connectivity index (χ3v) is 3.89. The van der Waals surface area contributed by atoms with Gasteiger partial charge in [-0.25, -0.2) is 0 Å². The van der Waals surface area contributed by atoms with Gasteiger partial charge in [-0.05, 0) is 12.8 Å². The molecule has 1 nitrogen and oxygen atoms in total. The molecule has 1 fully saturated rings. The maximum absolute atomic E-state index is 5.55. The van der Waals surface area contributed by atoms with Gasteiger partial charge in [-0.1, -0.05) is 70.6 Å². The lowest BCUT2D eigenvalue weighted by Gasteiger charge is -2.15. The van der Waals surface area contributed by atoms with Crippen LogP contribution in [0.2, 0.25) is 0 Å². The number of hydrogen-bond acceptors (Lipinski definition) is 1. The molecule has 0 bridgehead atoms. The van der Waals surface area contributed by atoms with Gasteiger partial charge in [0.1, 0.15) is 0 Å². The molecule has 1 aliphatic carbocycles. The number of methoxy groups -OCH3 is 1. The molecule has 0 amide bonds. The van der Waals surface area contributed by atoms with Gasteiger partial charge < -0.3 is 4.74 Å². The SMILES string of the molecule is COC1CCCCCCCCCCCCC1.